The molecule has 4 nitrogen and oxygen atoms in total. The molecule has 2 rings (SSSR count). The van der Waals surface area contributed by atoms with Crippen molar-refractivity contribution in [3.05, 3.63) is 45.8 Å². The number of benzene rings is 1. The zero-order valence-corrected chi connectivity index (χ0v) is 11.9. The quantitative estimate of drug-likeness (QED) is 0.800. The lowest BCUT2D eigenvalue weighted by atomic mass is 10.2. The molecule has 0 bridgehead atoms. The first-order valence-electron chi connectivity index (χ1n) is 5.13. The van der Waals surface area contributed by atoms with Gasteiger partial charge >= 0.3 is 0 Å². The van der Waals surface area contributed by atoms with E-state index in [0.717, 1.165) is 5.56 Å². The van der Waals surface area contributed by atoms with Crippen LogP contribution in [-0.4, -0.2) is 17.1 Å². The van der Waals surface area contributed by atoms with Crippen LogP contribution in [0, 0.1) is 0 Å². The molecular weight excluding hydrogens is 320 g/mol. The highest BCUT2D eigenvalue weighted by Gasteiger charge is 2.09. The number of rotatable bonds is 4. The number of para-hydroxylation sites is 1. The van der Waals surface area contributed by atoms with Crippen molar-refractivity contribution in [2.24, 2.45) is 0 Å². The van der Waals surface area contributed by atoms with E-state index in [2.05, 4.69) is 25.9 Å². The summed E-state index contributed by atoms with van der Waals surface area (Å²) in [6.45, 7) is 0.465. The van der Waals surface area contributed by atoms with Crippen LogP contribution in [-0.2, 0) is 11.3 Å². The van der Waals surface area contributed by atoms with E-state index in [-0.39, 0.29) is 5.28 Å². The van der Waals surface area contributed by atoms with Crippen LogP contribution in [0.15, 0.2) is 34.9 Å². The summed E-state index contributed by atoms with van der Waals surface area (Å²) in [7, 11) is 1.63. The van der Waals surface area contributed by atoms with Crippen LogP contribution < -0.4 is 4.74 Å². The molecule has 0 fully saturated rings. The third-order valence-electron chi connectivity index (χ3n) is 2.16. The molecule has 2 aromatic rings. The monoisotopic (exact) mass is 328 g/mol. The SMILES string of the molecule is COCc1ccccc1Oc1nc(Cl)ncc1Br. The van der Waals surface area contributed by atoms with E-state index in [1.807, 2.05) is 24.3 Å². The van der Waals surface area contributed by atoms with Gasteiger partial charge in [-0.1, -0.05) is 18.2 Å². The van der Waals surface area contributed by atoms with Crippen LogP contribution in [0.2, 0.25) is 5.28 Å². The van der Waals surface area contributed by atoms with Crippen LogP contribution >= 0.6 is 27.5 Å². The number of methoxy groups -OCH3 is 1. The first-order chi connectivity index (χ1) is 8.70. The van der Waals surface area contributed by atoms with Gasteiger partial charge in [0.25, 0.3) is 0 Å². The van der Waals surface area contributed by atoms with Gasteiger partial charge in [-0.05, 0) is 33.6 Å². The number of aromatic nitrogens is 2. The van der Waals surface area contributed by atoms with E-state index in [4.69, 9.17) is 21.1 Å². The minimum Gasteiger partial charge on any atom is -0.437 e. The summed E-state index contributed by atoms with van der Waals surface area (Å²) < 4.78 is 11.5. The second-order valence-electron chi connectivity index (χ2n) is 3.43. The second-order valence-corrected chi connectivity index (χ2v) is 4.63. The maximum atomic E-state index is 5.74. The Morgan fingerprint density at radius 2 is 2.11 bits per heavy atom. The fourth-order valence-corrected chi connectivity index (χ4v) is 1.78. The largest absolute Gasteiger partial charge is 0.437 e. The summed E-state index contributed by atoms with van der Waals surface area (Å²) in [5.74, 6) is 1.05. The molecule has 0 unspecified atom stereocenters. The Kier molecular flexibility index (Phi) is 4.52. The van der Waals surface area contributed by atoms with Crippen LogP contribution in [0.5, 0.6) is 11.6 Å². The van der Waals surface area contributed by atoms with Crippen LogP contribution in [0.3, 0.4) is 0 Å². The molecule has 0 saturated heterocycles. The lowest BCUT2D eigenvalue weighted by Crippen LogP contribution is -1.96. The molecule has 1 heterocycles. The van der Waals surface area contributed by atoms with Crippen molar-refractivity contribution in [3.63, 3.8) is 0 Å². The maximum absolute atomic E-state index is 5.74. The van der Waals surface area contributed by atoms with Gasteiger partial charge in [-0.25, -0.2) is 4.98 Å². The summed E-state index contributed by atoms with van der Waals surface area (Å²) in [4.78, 5) is 7.86. The average Bonchev–Trinajstić information content (AvgIpc) is 2.36. The fourth-order valence-electron chi connectivity index (χ4n) is 1.39. The molecule has 1 aromatic heterocycles. The van der Waals surface area contributed by atoms with Crippen molar-refractivity contribution in [1.29, 1.82) is 0 Å². The van der Waals surface area contributed by atoms with Crippen LogP contribution in [0.25, 0.3) is 0 Å². The highest BCUT2D eigenvalue weighted by Crippen LogP contribution is 2.30. The van der Waals surface area contributed by atoms with E-state index < -0.39 is 0 Å². The van der Waals surface area contributed by atoms with Gasteiger partial charge in [0.2, 0.25) is 11.2 Å². The van der Waals surface area contributed by atoms with E-state index in [9.17, 15) is 0 Å². The Morgan fingerprint density at radius 1 is 1.33 bits per heavy atom. The Balaban J connectivity index is 2.30. The predicted octanol–water partition coefficient (Wildman–Crippen LogP) is 3.83. The summed E-state index contributed by atoms with van der Waals surface area (Å²) in [5.41, 5.74) is 0.932. The second kappa shape index (κ2) is 6.13. The lowest BCUT2D eigenvalue weighted by molar-refractivity contribution is 0.182. The summed E-state index contributed by atoms with van der Waals surface area (Å²) in [6.07, 6.45) is 1.55. The number of nitrogens with zero attached hydrogens (tertiary/aromatic N) is 2. The number of hydrogen-bond acceptors (Lipinski definition) is 4. The molecule has 94 valence electrons. The van der Waals surface area contributed by atoms with Gasteiger partial charge in [-0.15, -0.1) is 0 Å². The minimum absolute atomic E-state index is 0.137. The molecule has 0 aliphatic heterocycles. The summed E-state index contributed by atoms with van der Waals surface area (Å²) in [5, 5.41) is 0.137. The lowest BCUT2D eigenvalue weighted by Gasteiger charge is -2.10. The third kappa shape index (κ3) is 3.19. The smallest absolute Gasteiger partial charge is 0.237 e. The van der Waals surface area contributed by atoms with Crippen molar-refractivity contribution < 1.29 is 9.47 Å². The molecule has 18 heavy (non-hydrogen) atoms. The average molecular weight is 330 g/mol. The number of ether oxygens (including phenoxy) is 2. The number of hydrogen-bond donors (Lipinski definition) is 0. The van der Waals surface area contributed by atoms with Crippen LogP contribution in [0.1, 0.15) is 5.56 Å². The van der Waals surface area contributed by atoms with Gasteiger partial charge in [0.15, 0.2) is 0 Å². The zero-order valence-electron chi connectivity index (χ0n) is 9.56. The molecule has 1 aromatic carbocycles. The Hall–Kier alpha value is -1.17. The molecule has 0 saturated carbocycles. The van der Waals surface area contributed by atoms with E-state index >= 15 is 0 Å². The minimum atomic E-state index is 0.137. The summed E-state index contributed by atoms with van der Waals surface area (Å²) >= 11 is 9.05. The predicted molar refractivity (Wildman–Crippen MR) is 72.0 cm³/mol. The molecule has 0 amide bonds. The van der Waals surface area contributed by atoms with Crippen molar-refractivity contribution >= 4 is 27.5 Å². The van der Waals surface area contributed by atoms with Crippen molar-refractivity contribution in [2.75, 3.05) is 7.11 Å². The van der Waals surface area contributed by atoms with Gasteiger partial charge in [-0.3, -0.25) is 0 Å². The molecular formula is C12H10BrClN2O2. The third-order valence-corrected chi connectivity index (χ3v) is 2.89. The molecule has 0 spiro atoms. The highest BCUT2D eigenvalue weighted by molar-refractivity contribution is 9.10. The fraction of sp³-hybridized carbons (Fsp3) is 0.167. The Labute approximate surface area is 118 Å². The van der Waals surface area contributed by atoms with Gasteiger partial charge in [-0.2, -0.15) is 4.98 Å². The van der Waals surface area contributed by atoms with Crippen LogP contribution in [0.4, 0.5) is 0 Å². The molecule has 6 heteroatoms. The van der Waals surface area contributed by atoms with Gasteiger partial charge < -0.3 is 9.47 Å². The molecule has 0 N–H and O–H groups in total. The first kappa shape index (κ1) is 13.3. The molecule has 0 atom stereocenters. The molecule has 0 aliphatic carbocycles. The molecule has 0 radical (unpaired) electrons. The topological polar surface area (TPSA) is 44.2 Å². The highest BCUT2D eigenvalue weighted by atomic mass is 79.9. The first-order valence-corrected chi connectivity index (χ1v) is 6.30. The van der Waals surface area contributed by atoms with Crippen molar-refractivity contribution in [1.82, 2.24) is 9.97 Å². The Morgan fingerprint density at radius 3 is 2.89 bits per heavy atom. The summed E-state index contributed by atoms with van der Waals surface area (Å²) in [6, 6.07) is 7.57. The van der Waals surface area contributed by atoms with Crippen molar-refractivity contribution in [2.45, 2.75) is 6.61 Å². The zero-order chi connectivity index (χ0) is 13.0. The van der Waals surface area contributed by atoms with Gasteiger partial charge in [0.1, 0.15) is 5.75 Å². The van der Waals surface area contributed by atoms with E-state index in [1.54, 1.807) is 13.3 Å². The Bertz CT molecular complexity index is 551. The maximum Gasteiger partial charge on any atom is 0.237 e. The van der Waals surface area contributed by atoms with Crippen molar-refractivity contribution in [3.8, 4) is 11.6 Å². The molecule has 0 aliphatic rings. The van der Waals surface area contributed by atoms with E-state index in [0.29, 0.717) is 22.7 Å². The van der Waals surface area contributed by atoms with Gasteiger partial charge in [0, 0.05) is 18.9 Å². The standard InChI is InChI=1S/C12H10BrClN2O2/c1-17-7-8-4-2-3-5-10(8)18-11-9(13)6-15-12(14)16-11/h2-6H,7H2,1H3. The van der Waals surface area contributed by atoms with E-state index in [1.165, 1.54) is 0 Å². The van der Waals surface area contributed by atoms with Gasteiger partial charge in [0.05, 0.1) is 11.1 Å². The number of halogens is 2. The normalized spacial score (nSPS) is 10.4.